The summed E-state index contributed by atoms with van der Waals surface area (Å²) in [5.41, 5.74) is 5.52. The van der Waals surface area contributed by atoms with Gasteiger partial charge in [-0.05, 0) is 0 Å². The van der Waals surface area contributed by atoms with Gasteiger partial charge in [0.15, 0.2) is 12.1 Å². The molecular weight excluding hydrogens is 203 g/mol. The predicted octanol–water partition coefficient (Wildman–Crippen LogP) is -0.603. The van der Waals surface area contributed by atoms with E-state index in [-0.39, 0.29) is 12.2 Å². The molecule has 0 aliphatic carbocycles. The van der Waals surface area contributed by atoms with E-state index in [2.05, 4.69) is 14.8 Å². The van der Waals surface area contributed by atoms with Gasteiger partial charge in [0.2, 0.25) is 0 Å². The molecule has 2 heterocycles. The van der Waals surface area contributed by atoms with Crippen molar-refractivity contribution in [2.75, 3.05) is 6.54 Å². The number of hydrogen-bond donors (Lipinski definition) is 2. The first-order valence-corrected chi connectivity index (χ1v) is 4.63. The first-order valence-electron chi connectivity index (χ1n) is 4.16. The van der Waals surface area contributed by atoms with Crippen LogP contribution in [-0.4, -0.2) is 35.7 Å². The fourth-order valence-electron chi connectivity index (χ4n) is 1.60. The molecule has 0 radical (unpaired) electrons. The van der Waals surface area contributed by atoms with E-state index in [4.69, 9.17) is 5.73 Å². The van der Waals surface area contributed by atoms with Gasteiger partial charge in [-0.2, -0.15) is 0 Å². The number of rotatable bonds is 0. The van der Waals surface area contributed by atoms with Crippen molar-refractivity contribution in [3.05, 3.63) is 12.2 Å². The molecule has 14 heavy (non-hydrogen) atoms. The van der Waals surface area contributed by atoms with Crippen molar-refractivity contribution in [1.29, 1.82) is 0 Å². The van der Waals surface area contributed by atoms with Gasteiger partial charge in [-0.3, -0.25) is 4.90 Å². The number of carbonyl (C=O) groups is 1. The number of hydrogen-bond acceptors (Lipinski definition) is 5. The lowest BCUT2D eigenvalue weighted by molar-refractivity contribution is 0.140. The molecule has 3 N–H and O–H groups in total. The molecule has 0 saturated carbocycles. The number of carbonyl (C=O) groups excluding carboxylic acids is 1. The van der Waals surface area contributed by atoms with E-state index in [1.807, 2.05) is 21.6 Å². The molecular formula is C7H11N4O2P. The van der Waals surface area contributed by atoms with Crippen molar-refractivity contribution in [3.8, 4) is 0 Å². The Bertz CT molecular complexity index is 317. The van der Waals surface area contributed by atoms with E-state index in [1.54, 1.807) is 0 Å². The fourth-order valence-corrected chi connectivity index (χ4v) is 1.73. The number of aliphatic imine (C=N–C) groups is 1. The highest BCUT2D eigenvalue weighted by atomic mass is 31.0. The maximum absolute atomic E-state index is 11.3. The largest absolute Gasteiger partial charge is 0.435 e. The van der Waals surface area contributed by atoms with Crippen LogP contribution in [0.1, 0.15) is 0 Å². The van der Waals surface area contributed by atoms with Crippen molar-refractivity contribution in [1.82, 2.24) is 10.2 Å². The van der Waals surface area contributed by atoms with Gasteiger partial charge in [0.05, 0.1) is 15.5 Å². The smallest absolute Gasteiger partial charge is 0.414 e. The van der Waals surface area contributed by atoms with Crippen molar-refractivity contribution in [2.45, 2.75) is 12.2 Å². The summed E-state index contributed by atoms with van der Waals surface area (Å²) in [5, 5.41) is 2.95. The maximum atomic E-state index is 11.3. The first-order chi connectivity index (χ1) is 6.72. The molecule has 76 valence electrons. The normalized spacial score (nSPS) is 29.2. The van der Waals surface area contributed by atoms with Gasteiger partial charge in [-0.15, -0.1) is 0 Å². The Balaban J connectivity index is 2.20. The van der Waals surface area contributed by atoms with Crippen molar-refractivity contribution in [3.63, 3.8) is 0 Å². The minimum absolute atomic E-state index is 0.0344. The third-order valence-electron chi connectivity index (χ3n) is 2.21. The highest BCUT2D eigenvalue weighted by Gasteiger charge is 2.36. The molecule has 7 heteroatoms. The number of nitrogens with one attached hydrogen (secondary N) is 1. The van der Waals surface area contributed by atoms with Crippen molar-refractivity contribution >= 4 is 21.5 Å². The molecule has 0 aromatic heterocycles. The molecule has 2 rings (SSSR count). The van der Waals surface area contributed by atoms with Crippen molar-refractivity contribution in [2.24, 2.45) is 10.7 Å². The minimum atomic E-state index is -0.422. The Kier molecular flexibility index (Phi) is 2.29. The van der Waals surface area contributed by atoms with Crippen LogP contribution in [0.5, 0.6) is 0 Å². The number of guanidine groups is 1. The SMILES string of the molecule is NC1=N[C@@H]2[C@@H](C=CCN2C(=O)OP)N1. The summed E-state index contributed by atoms with van der Waals surface area (Å²) in [6, 6.07) is -0.0344. The van der Waals surface area contributed by atoms with E-state index in [9.17, 15) is 4.79 Å². The molecule has 3 atom stereocenters. The number of fused-ring (bicyclic) bond motifs is 1. The zero-order valence-corrected chi connectivity index (χ0v) is 8.54. The van der Waals surface area contributed by atoms with Crippen LogP contribution < -0.4 is 11.1 Å². The Morgan fingerprint density at radius 3 is 3.36 bits per heavy atom. The lowest BCUT2D eigenvalue weighted by Crippen LogP contribution is -2.49. The van der Waals surface area contributed by atoms with Crippen LogP contribution in [0, 0.1) is 0 Å². The topological polar surface area (TPSA) is 80.0 Å². The van der Waals surface area contributed by atoms with E-state index in [0.717, 1.165) is 0 Å². The first kappa shape index (κ1) is 9.27. The van der Waals surface area contributed by atoms with Gasteiger partial charge in [0, 0.05) is 6.54 Å². The summed E-state index contributed by atoms with van der Waals surface area (Å²) in [6.07, 6.45) is 3.12. The Hall–Kier alpha value is -1.29. The average molecular weight is 214 g/mol. The fraction of sp³-hybridized carbons (Fsp3) is 0.429. The second kappa shape index (κ2) is 3.46. The zero-order valence-electron chi connectivity index (χ0n) is 7.38. The molecule has 1 amide bonds. The molecule has 0 saturated heterocycles. The summed E-state index contributed by atoms with van der Waals surface area (Å²) in [4.78, 5) is 16.9. The summed E-state index contributed by atoms with van der Waals surface area (Å²) in [6.45, 7) is 0.493. The monoisotopic (exact) mass is 214 g/mol. The van der Waals surface area contributed by atoms with Gasteiger partial charge in [0.1, 0.15) is 0 Å². The minimum Gasteiger partial charge on any atom is -0.435 e. The zero-order chi connectivity index (χ0) is 10.1. The standard InChI is InChI=1S/C7H11N4O2P/c8-6-9-4-2-1-3-11(5(4)10-6)7(12)13-14/h1-2,4-5H,3,14H2,(H3,8,9,10)/t4-,5+/m1/s1. The predicted molar refractivity (Wildman–Crippen MR) is 54.4 cm³/mol. The highest BCUT2D eigenvalue weighted by molar-refractivity contribution is 7.10. The summed E-state index contributed by atoms with van der Waals surface area (Å²) >= 11 is 0. The van der Waals surface area contributed by atoms with Crippen LogP contribution in [0.4, 0.5) is 4.79 Å². The third-order valence-corrected chi connectivity index (χ3v) is 2.41. The van der Waals surface area contributed by atoms with Crippen LogP contribution in [0.2, 0.25) is 0 Å². The molecule has 0 bridgehead atoms. The number of nitrogens with two attached hydrogens (primary N) is 1. The molecule has 1 unspecified atom stereocenters. The van der Waals surface area contributed by atoms with Gasteiger partial charge in [0.25, 0.3) is 0 Å². The lowest BCUT2D eigenvalue weighted by atomic mass is 10.1. The Morgan fingerprint density at radius 1 is 1.86 bits per heavy atom. The van der Waals surface area contributed by atoms with Gasteiger partial charge in [-0.25, -0.2) is 9.79 Å². The van der Waals surface area contributed by atoms with E-state index >= 15 is 0 Å². The summed E-state index contributed by atoms with van der Waals surface area (Å²) < 4.78 is 4.57. The van der Waals surface area contributed by atoms with Crippen LogP contribution in [0.25, 0.3) is 0 Å². The number of amides is 1. The molecule has 6 nitrogen and oxygen atoms in total. The summed E-state index contributed by atoms with van der Waals surface area (Å²) in [7, 11) is 1.93. The van der Waals surface area contributed by atoms with Crippen LogP contribution in [0.15, 0.2) is 17.1 Å². The van der Waals surface area contributed by atoms with Crippen LogP contribution >= 0.6 is 9.47 Å². The van der Waals surface area contributed by atoms with E-state index in [0.29, 0.717) is 12.5 Å². The molecule has 0 spiro atoms. The van der Waals surface area contributed by atoms with Gasteiger partial charge in [-0.1, -0.05) is 12.2 Å². The highest BCUT2D eigenvalue weighted by Crippen LogP contribution is 2.18. The van der Waals surface area contributed by atoms with Gasteiger partial charge >= 0.3 is 6.09 Å². The van der Waals surface area contributed by atoms with Crippen LogP contribution in [0.3, 0.4) is 0 Å². The third kappa shape index (κ3) is 1.42. The maximum Gasteiger partial charge on any atom is 0.414 e. The Morgan fingerprint density at radius 2 is 2.64 bits per heavy atom. The van der Waals surface area contributed by atoms with Gasteiger partial charge < -0.3 is 15.6 Å². The molecule has 2 aliphatic heterocycles. The average Bonchev–Trinajstić information content (AvgIpc) is 2.56. The van der Waals surface area contributed by atoms with E-state index < -0.39 is 6.09 Å². The molecule has 0 fully saturated rings. The molecule has 2 aliphatic rings. The Labute approximate surface area is 83.5 Å². The van der Waals surface area contributed by atoms with Crippen molar-refractivity contribution < 1.29 is 9.32 Å². The second-order valence-electron chi connectivity index (χ2n) is 3.06. The number of nitrogens with zero attached hydrogens (tertiary/aromatic N) is 2. The quantitative estimate of drug-likeness (QED) is 0.416. The summed E-state index contributed by atoms with van der Waals surface area (Å²) in [5.74, 6) is 0.355. The van der Waals surface area contributed by atoms with Crippen LogP contribution in [-0.2, 0) is 4.52 Å². The lowest BCUT2D eigenvalue weighted by Gasteiger charge is -2.30. The molecule has 0 aromatic carbocycles. The second-order valence-corrected chi connectivity index (χ2v) is 3.30. The molecule has 0 aromatic rings. The van der Waals surface area contributed by atoms with E-state index in [1.165, 1.54) is 4.90 Å².